The molecule has 29 heavy (non-hydrogen) atoms. The Morgan fingerprint density at radius 3 is 1.62 bits per heavy atom. The van der Waals surface area contributed by atoms with Gasteiger partial charge in [-0.15, -0.1) is 12.4 Å². The number of hydrogen-bond acceptors (Lipinski definition) is 2. The van der Waals surface area contributed by atoms with Gasteiger partial charge in [0, 0.05) is 11.3 Å². The highest BCUT2D eigenvalue weighted by Gasteiger charge is 2.19. The first kappa shape index (κ1) is 28.1. The predicted molar refractivity (Wildman–Crippen MR) is 133 cm³/mol. The molecule has 1 aromatic rings. The van der Waals surface area contributed by atoms with Crippen molar-refractivity contribution in [2.45, 2.75) is 123 Å². The molecule has 0 aliphatic carbocycles. The van der Waals surface area contributed by atoms with Crippen LogP contribution in [0.5, 0.6) is 5.75 Å². The predicted octanol–water partition coefficient (Wildman–Crippen LogP) is 8.85. The largest absolute Gasteiger partial charge is 0.493 e. The molecule has 0 radical (unpaired) electrons. The van der Waals surface area contributed by atoms with Crippen molar-refractivity contribution in [2.75, 3.05) is 12.3 Å². The van der Waals surface area contributed by atoms with Crippen molar-refractivity contribution in [2.24, 2.45) is 0 Å². The summed E-state index contributed by atoms with van der Waals surface area (Å²) < 4.78 is 6.07. The SMILES string of the molecule is CCCCCCCCCCCCCCCCOc1ccc(N)cc1C(C)(C)C.Cl. The number of halogens is 1. The summed E-state index contributed by atoms with van der Waals surface area (Å²) in [5.41, 5.74) is 8.03. The van der Waals surface area contributed by atoms with Crippen molar-refractivity contribution in [3.8, 4) is 5.75 Å². The number of rotatable bonds is 16. The van der Waals surface area contributed by atoms with Crippen LogP contribution in [0.2, 0.25) is 0 Å². The van der Waals surface area contributed by atoms with E-state index in [2.05, 4.69) is 33.8 Å². The topological polar surface area (TPSA) is 35.2 Å². The Morgan fingerprint density at radius 2 is 1.17 bits per heavy atom. The highest BCUT2D eigenvalue weighted by Crippen LogP contribution is 2.33. The van der Waals surface area contributed by atoms with Crippen molar-refractivity contribution in [1.82, 2.24) is 0 Å². The fourth-order valence-electron chi connectivity index (χ4n) is 3.74. The fraction of sp³-hybridized carbons (Fsp3) is 0.769. The third kappa shape index (κ3) is 13.9. The smallest absolute Gasteiger partial charge is 0.123 e. The van der Waals surface area contributed by atoms with Crippen molar-refractivity contribution >= 4 is 18.1 Å². The van der Waals surface area contributed by atoms with Gasteiger partial charge in [-0.1, -0.05) is 111 Å². The molecule has 1 aromatic carbocycles. The van der Waals surface area contributed by atoms with E-state index in [1.807, 2.05) is 12.1 Å². The normalized spacial score (nSPS) is 11.3. The Kier molecular flexibility index (Phi) is 16.3. The van der Waals surface area contributed by atoms with Gasteiger partial charge in [-0.25, -0.2) is 0 Å². The van der Waals surface area contributed by atoms with Gasteiger partial charge in [0.1, 0.15) is 5.75 Å². The maximum absolute atomic E-state index is 6.07. The lowest BCUT2D eigenvalue weighted by atomic mass is 9.86. The molecule has 1 rings (SSSR count). The molecule has 170 valence electrons. The van der Waals surface area contributed by atoms with Gasteiger partial charge in [-0.2, -0.15) is 0 Å². The van der Waals surface area contributed by atoms with Crippen LogP contribution < -0.4 is 10.5 Å². The van der Waals surface area contributed by atoms with E-state index in [1.165, 1.54) is 89.0 Å². The minimum atomic E-state index is 0. The molecule has 0 aromatic heterocycles. The average molecular weight is 426 g/mol. The molecule has 0 saturated carbocycles. The highest BCUT2D eigenvalue weighted by molar-refractivity contribution is 5.85. The monoisotopic (exact) mass is 425 g/mol. The van der Waals surface area contributed by atoms with E-state index >= 15 is 0 Å². The molecule has 0 bridgehead atoms. The van der Waals surface area contributed by atoms with Crippen LogP contribution in [0, 0.1) is 0 Å². The van der Waals surface area contributed by atoms with E-state index in [-0.39, 0.29) is 17.8 Å². The van der Waals surface area contributed by atoms with E-state index in [0.717, 1.165) is 24.5 Å². The Labute approximate surface area is 187 Å². The van der Waals surface area contributed by atoms with Crippen LogP contribution in [-0.4, -0.2) is 6.61 Å². The van der Waals surface area contributed by atoms with E-state index in [1.54, 1.807) is 0 Å². The minimum Gasteiger partial charge on any atom is -0.493 e. The molecule has 0 amide bonds. The summed E-state index contributed by atoms with van der Waals surface area (Å²) in [6.07, 6.45) is 19.4. The average Bonchev–Trinajstić information content (AvgIpc) is 2.65. The van der Waals surface area contributed by atoms with Gasteiger partial charge < -0.3 is 10.5 Å². The van der Waals surface area contributed by atoms with E-state index in [9.17, 15) is 0 Å². The second-order valence-electron chi connectivity index (χ2n) is 9.45. The minimum absolute atomic E-state index is 0. The second-order valence-corrected chi connectivity index (χ2v) is 9.45. The van der Waals surface area contributed by atoms with Gasteiger partial charge in [-0.3, -0.25) is 0 Å². The summed E-state index contributed by atoms with van der Waals surface area (Å²) in [5.74, 6) is 0.997. The molecule has 0 fully saturated rings. The zero-order valence-corrected chi connectivity index (χ0v) is 20.5. The van der Waals surface area contributed by atoms with E-state index in [0.29, 0.717) is 0 Å². The van der Waals surface area contributed by atoms with Crippen LogP contribution in [0.1, 0.15) is 123 Å². The Hall–Kier alpha value is -0.890. The molecule has 2 nitrogen and oxygen atoms in total. The Morgan fingerprint density at radius 1 is 0.724 bits per heavy atom. The van der Waals surface area contributed by atoms with E-state index < -0.39 is 0 Å². The molecular formula is C26H48ClNO. The van der Waals surface area contributed by atoms with Gasteiger partial charge >= 0.3 is 0 Å². The lowest BCUT2D eigenvalue weighted by Gasteiger charge is -2.23. The first-order valence-electron chi connectivity index (χ1n) is 12.0. The standard InChI is InChI=1S/C26H47NO.ClH/c1-5-6-7-8-9-10-11-12-13-14-15-16-17-18-21-28-25-20-19-23(27)22-24(25)26(2,3)4;/h19-20,22H,5-18,21,27H2,1-4H3;1H. The second kappa shape index (κ2) is 16.9. The summed E-state index contributed by atoms with van der Waals surface area (Å²) in [6, 6.07) is 6.02. The van der Waals surface area contributed by atoms with Gasteiger partial charge in [-0.05, 0) is 30.0 Å². The third-order valence-corrected chi connectivity index (χ3v) is 5.57. The van der Waals surface area contributed by atoms with Crippen molar-refractivity contribution < 1.29 is 4.74 Å². The van der Waals surface area contributed by atoms with Gasteiger partial charge in [0.25, 0.3) is 0 Å². The number of ether oxygens (including phenoxy) is 1. The number of nitrogen functional groups attached to an aromatic ring is 1. The van der Waals surface area contributed by atoms with E-state index in [4.69, 9.17) is 10.5 Å². The van der Waals surface area contributed by atoms with Gasteiger partial charge in [0.05, 0.1) is 6.61 Å². The zero-order valence-electron chi connectivity index (χ0n) is 19.7. The number of nitrogens with two attached hydrogens (primary N) is 1. The van der Waals surface area contributed by atoms with Crippen LogP contribution in [0.3, 0.4) is 0 Å². The molecular weight excluding hydrogens is 378 g/mol. The Bertz CT molecular complexity index is 510. The van der Waals surface area contributed by atoms with Crippen LogP contribution in [0.25, 0.3) is 0 Å². The zero-order chi connectivity index (χ0) is 20.7. The summed E-state index contributed by atoms with van der Waals surface area (Å²) in [6.45, 7) is 9.73. The van der Waals surface area contributed by atoms with Crippen molar-refractivity contribution in [1.29, 1.82) is 0 Å². The first-order chi connectivity index (χ1) is 13.4. The molecule has 3 heteroatoms. The number of hydrogen-bond donors (Lipinski definition) is 1. The maximum atomic E-state index is 6.07. The molecule has 0 atom stereocenters. The summed E-state index contributed by atoms with van der Waals surface area (Å²) in [5, 5.41) is 0. The number of anilines is 1. The van der Waals surface area contributed by atoms with Crippen LogP contribution in [-0.2, 0) is 5.41 Å². The Balaban J connectivity index is 0.00000784. The van der Waals surface area contributed by atoms with Crippen LogP contribution >= 0.6 is 12.4 Å². The molecule has 0 aliphatic heterocycles. The quantitative estimate of drug-likeness (QED) is 0.212. The molecule has 0 aliphatic rings. The third-order valence-electron chi connectivity index (χ3n) is 5.57. The van der Waals surface area contributed by atoms with Crippen LogP contribution in [0.4, 0.5) is 5.69 Å². The lowest BCUT2D eigenvalue weighted by Crippen LogP contribution is -2.14. The fourth-order valence-corrected chi connectivity index (χ4v) is 3.74. The maximum Gasteiger partial charge on any atom is 0.123 e. The molecule has 0 saturated heterocycles. The number of unbranched alkanes of at least 4 members (excludes halogenated alkanes) is 13. The van der Waals surface area contributed by atoms with Gasteiger partial charge in [0.15, 0.2) is 0 Å². The molecule has 2 N–H and O–H groups in total. The van der Waals surface area contributed by atoms with Crippen LogP contribution in [0.15, 0.2) is 18.2 Å². The van der Waals surface area contributed by atoms with Crippen molar-refractivity contribution in [3.63, 3.8) is 0 Å². The van der Waals surface area contributed by atoms with Gasteiger partial charge in [0.2, 0.25) is 0 Å². The summed E-state index contributed by atoms with van der Waals surface area (Å²) in [4.78, 5) is 0. The first-order valence-corrected chi connectivity index (χ1v) is 12.0. The number of benzene rings is 1. The molecule has 0 spiro atoms. The van der Waals surface area contributed by atoms with Crippen molar-refractivity contribution in [3.05, 3.63) is 23.8 Å². The summed E-state index contributed by atoms with van der Waals surface area (Å²) >= 11 is 0. The highest BCUT2D eigenvalue weighted by atomic mass is 35.5. The molecule has 0 heterocycles. The summed E-state index contributed by atoms with van der Waals surface area (Å²) in [7, 11) is 0. The molecule has 0 unspecified atom stereocenters. The lowest BCUT2D eigenvalue weighted by molar-refractivity contribution is 0.296.